The first-order valence-corrected chi connectivity index (χ1v) is 9.83. The van der Waals surface area contributed by atoms with Gasteiger partial charge in [-0.3, -0.25) is 0 Å². The SMILES string of the molecule is CCCCOc1cccc(CC(CN)c2ccc3c(c2)CCCC3)c1. The van der Waals surface area contributed by atoms with Crippen LogP contribution in [0.4, 0.5) is 0 Å². The summed E-state index contributed by atoms with van der Waals surface area (Å²) in [7, 11) is 0. The fraction of sp³-hybridized carbons (Fsp3) is 0.478. The van der Waals surface area contributed by atoms with Gasteiger partial charge in [-0.1, -0.05) is 43.7 Å². The molecular weight excluding hydrogens is 306 g/mol. The zero-order chi connectivity index (χ0) is 17.5. The van der Waals surface area contributed by atoms with Crippen LogP contribution in [0.15, 0.2) is 42.5 Å². The maximum absolute atomic E-state index is 6.13. The zero-order valence-electron chi connectivity index (χ0n) is 15.5. The van der Waals surface area contributed by atoms with E-state index in [0.29, 0.717) is 12.5 Å². The molecule has 3 rings (SSSR count). The van der Waals surface area contributed by atoms with Gasteiger partial charge in [-0.2, -0.15) is 0 Å². The standard InChI is InChI=1S/C23H31NO/c1-2-3-13-25-23-10-6-7-18(15-23)14-22(17-24)21-12-11-19-8-4-5-9-20(19)16-21/h6-7,10-12,15-16,22H,2-5,8-9,13-14,17,24H2,1H3. The first-order valence-electron chi connectivity index (χ1n) is 9.83. The zero-order valence-corrected chi connectivity index (χ0v) is 15.5. The summed E-state index contributed by atoms with van der Waals surface area (Å²) >= 11 is 0. The Balaban J connectivity index is 1.70. The Morgan fingerprint density at radius 1 is 1.04 bits per heavy atom. The van der Waals surface area contributed by atoms with Crippen LogP contribution < -0.4 is 10.5 Å². The third-order valence-electron chi connectivity index (χ3n) is 5.28. The molecule has 0 spiro atoms. The summed E-state index contributed by atoms with van der Waals surface area (Å²) in [5.41, 5.74) is 11.9. The van der Waals surface area contributed by atoms with E-state index in [0.717, 1.165) is 31.6 Å². The molecule has 0 amide bonds. The molecule has 134 valence electrons. The maximum atomic E-state index is 6.13. The summed E-state index contributed by atoms with van der Waals surface area (Å²) in [6.45, 7) is 3.66. The second-order valence-electron chi connectivity index (χ2n) is 7.22. The third-order valence-corrected chi connectivity index (χ3v) is 5.28. The van der Waals surface area contributed by atoms with Crippen molar-refractivity contribution in [2.45, 2.75) is 57.8 Å². The number of rotatable bonds is 8. The van der Waals surface area contributed by atoms with Crippen LogP contribution >= 0.6 is 0 Å². The quantitative estimate of drug-likeness (QED) is 0.686. The number of unbranched alkanes of at least 4 members (excludes halogenated alkanes) is 1. The Labute approximate surface area is 152 Å². The lowest BCUT2D eigenvalue weighted by molar-refractivity contribution is 0.309. The van der Waals surface area contributed by atoms with Crippen molar-refractivity contribution in [3.05, 3.63) is 64.7 Å². The van der Waals surface area contributed by atoms with Crippen LogP contribution in [0.3, 0.4) is 0 Å². The highest BCUT2D eigenvalue weighted by Crippen LogP contribution is 2.28. The Morgan fingerprint density at radius 2 is 1.88 bits per heavy atom. The van der Waals surface area contributed by atoms with Crippen molar-refractivity contribution in [1.29, 1.82) is 0 Å². The van der Waals surface area contributed by atoms with E-state index in [1.807, 2.05) is 0 Å². The van der Waals surface area contributed by atoms with Crippen molar-refractivity contribution in [2.75, 3.05) is 13.2 Å². The average molecular weight is 338 g/mol. The number of hydrogen-bond donors (Lipinski definition) is 1. The molecule has 0 heterocycles. The van der Waals surface area contributed by atoms with Crippen LogP contribution in [0.2, 0.25) is 0 Å². The molecular formula is C23H31NO. The molecule has 1 aliphatic carbocycles. The van der Waals surface area contributed by atoms with E-state index in [1.54, 1.807) is 5.56 Å². The van der Waals surface area contributed by atoms with Gasteiger partial charge in [0, 0.05) is 5.92 Å². The van der Waals surface area contributed by atoms with Gasteiger partial charge in [0.15, 0.2) is 0 Å². The molecule has 2 heteroatoms. The van der Waals surface area contributed by atoms with Crippen molar-refractivity contribution in [3.63, 3.8) is 0 Å². The molecule has 2 nitrogen and oxygen atoms in total. The highest BCUT2D eigenvalue weighted by Gasteiger charge is 2.15. The molecule has 2 aromatic rings. The minimum atomic E-state index is 0.373. The van der Waals surface area contributed by atoms with Crippen molar-refractivity contribution in [1.82, 2.24) is 0 Å². The number of ether oxygens (including phenoxy) is 1. The van der Waals surface area contributed by atoms with E-state index < -0.39 is 0 Å². The molecule has 1 atom stereocenters. The van der Waals surface area contributed by atoms with E-state index in [9.17, 15) is 0 Å². The molecule has 2 N–H and O–H groups in total. The van der Waals surface area contributed by atoms with Crippen LogP contribution in [0.25, 0.3) is 0 Å². The fourth-order valence-corrected chi connectivity index (χ4v) is 3.73. The van der Waals surface area contributed by atoms with E-state index in [2.05, 4.69) is 49.4 Å². The second-order valence-corrected chi connectivity index (χ2v) is 7.22. The summed E-state index contributed by atoms with van der Waals surface area (Å²) in [6.07, 6.45) is 8.35. The average Bonchev–Trinajstić information content (AvgIpc) is 2.66. The van der Waals surface area contributed by atoms with Gasteiger partial charge >= 0.3 is 0 Å². The highest BCUT2D eigenvalue weighted by molar-refractivity contribution is 5.37. The van der Waals surface area contributed by atoms with E-state index in [1.165, 1.54) is 42.4 Å². The summed E-state index contributed by atoms with van der Waals surface area (Å²) in [6, 6.07) is 15.5. The maximum Gasteiger partial charge on any atom is 0.119 e. The predicted molar refractivity (Wildman–Crippen MR) is 105 cm³/mol. The Bertz CT molecular complexity index is 680. The van der Waals surface area contributed by atoms with Gasteiger partial charge < -0.3 is 10.5 Å². The number of nitrogens with two attached hydrogens (primary N) is 1. The summed E-state index contributed by atoms with van der Waals surface area (Å²) in [5, 5.41) is 0. The molecule has 0 aliphatic heterocycles. The van der Waals surface area contributed by atoms with Crippen LogP contribution in [-0.4, -0.2) is 13.2 Å². The van der Waals surface area contributed by atoms with Crippen molar-refractivity contribution < 1.29 is 4.74 Å². The molecule has 0 saturated heterocycles. The van der Waals surface area contributed by atoms with Gasteiger partial charge in [0.1, 0.15) is 5.75 Å². The van der Waals surface area contributed by atoms with Crippen LogP contribution in [0.1, 0.15) is 60.8 Å². The Hall–Kier alpha value is -1.80. The second kappa shape index (κ2) is 9.05. The smallest absolute Gasteiger partial charge is 0.119 e. The lowest BCUT2D eigenvalue weighted by Gasteiger charge is -2.21. The number of fused-ring (bicyclic) bond motifs is 1. The van der Waals surface area contributed by atoms with Gasteiger partial charge in [0.05, 0.1) is 6.61 Å². The number of aryl methyl sites for hydroxylation is 2. The van der Waals surface area contributed by atoms with Gasteiger partial charge in [0.25, 0.3) is 0 Å². The van der Waals surface area contributed by atoms with E-state index in [-0.39, 0.29) is 0 Å². The number of hydrogen-bond acceptors (Lipinski definition) is 2. The van der Waals surface area contributed by atoms with Crippen LogP contribution in [0.5, 0.6) is 5.75 Å². The fourth-order valence-electron chi connectivity index (χ4n) is 3.73. The van der Waals surface area contributed by atoms with Gasteiger partial charge in [0.2, 0.25) is 0 Å². The third kappa shape index (κ3) is 4.85. The summed E-state index contributed by atoms with van der Waals surface area (Å²) in [4.78, 5) is 0. The van der Waals surface area contributed by atoms with Crippen molar-refractivity contribution >= 4 is 0 Å². The van der Waals surface area contributed by atoms with Crippen LogP contribution in [0, 0.1) is 0 Å². The molecule has 1 aliphatic rings. The van der Waals surface area contributed by atoms with E-state index in [4.69, 9.17) is 10.5 Å². The molecule has 1 unspecified atom stereocenters. The molecule has 0 radical (unpaired) electrons. The first-order chi connectivity index (χ1) is 12.3. The van der Waals surface area contributed by atoms with Crippen molar-refractivity contribution in [2.24, 2.45) is 5.73 Å². The molecule has 0 aromatic heterocycles. The minimum absolute atomic E-state index is 0.373. The Morgan fingerprint density at radius 3 is 2.68 bits per heavy atom. The van der Waals surface area contributed by atoms with Crippen LogP contribution in [-0.2, 0) is 19.3 Å². The lowest BCUT2D eigenvalue weighted by Crippen LogP contribution is -2.16. The number of benzene rings is 2. The normalized spacial score (nSPS) is 14.8. The first kappa shape index (κ1) is 18.0. The monoisotopic (exact) mass is 337 g/mol. The molecule has 0 saturated carbocycles. The lowest BCUT2D eigenvalue weighted by atomic mass is 9.85. The molecule has 2 aromatic carbocycles. The van der Waals surface area contributed by atoms with E-state index >= 15 is 0 Å². The van der Waals surface area contributed by atoms with Gasteiger partial charge in [-0.25, -0.2) is 0 Å². The highest BCUT2D eigenvalue weighted by atomic mass is 16.5. The Kier molecular flexibility index (Phi) is 6.52. The van der Waals surface area contributed by atoms with Gasteiger partial charge in [-0.15, -0.1) is 0 Å². The predicted octanol–water partition coefficient (Wildman–Crippen LogP) is 5.03. The summed E-state index contributed by atoms with van der Waals surface area (Å²) in [5.74, 6) is 1.35. The largest absolute Gasteiger partial charge is 0.494 e. The van der Waals surface area contributed by atoms with Gasteiger partial charge in [-0.05, 0) is 79.5 Å². The van der Waals surface area contributed by atoms with Crippen molar-refractivity contribution in [3.8, 4) is 5.75 Å². The molecule has 0 fully saturated rings. The topological polar surface area (TPSA) is 35.2 Å². The molecule has 25 heavy (non-hydrogen) atoms. The minimum Gasteiger partial charge on any atom is -0.494 e. The molecule has 0 bridgehead atoms. The summed E-state index contributed by atoms with van der Waals surface area (Å²) < 4.78 is 5.85.